The van der Waals surface area contributed by atoms with Gasteiger partial charge in [-0.25, -0.2) is 0 Å². The van der Waals surface area contributed by atoms with Crippen LogP contribution in [0.15, 0.2) is 0 Å². The van der Waals surface area contributed by atoms with Crippen molar-refractivity contribution in [2.24, 2.45) is 5.92 Å². The standard InChI is InChI=1S/C10H22O/c1-4-6-8-10(7-5-2)9(3)11/h9-11H,4-8H2,1-3H3/t9-,10?/m0/s1. The molecule has 0 radical (unpaired) electrons. The smallest absolute Gasteiger partial charge is 0.0540 e. The summed E-state index contributed by atoms with van der Waals surface area (Å²) in [6.45, 7) is 6.29. The van der Waals surface area contributed by atoms with Crippen LogP contribution in [0.2, 0.25) is 0 Å². The second-order valence-electron chi connectivity index (χ2n) is 3.43. The molecule has 0 aliphatic rings. The third-order valence-electron chi connectivity index (χ3n) is 2.27. The van der Waals surface area contributed by atoms with Crippen molar-refractivity contribution < 1.29 is 5.11 Å². The van der Waals surface area contributed by atoms with Gasteiger partial charge in [0.2, 0.25) is 0 Å². The lowest BCUT2D eigenvalue weighted by Crippen LogP contribution is -2.16. The maximum absolute atomic E-state index is 9.37. The highest BCUT2D eigenvalue weighted by atomic mass is 16.3. The Bertz CT molecular complexity index is 78.9. The van der Waals surface area contributed by atoms with Crippen LogP contribution in [0.3, 0.4) is 0 Å². The first-order valence-corrected chi connectivity index (χ1v) is 4.90. The number of hydrogen-bond acceptors (Lipinski definition) is 1. The third kappa shape index (κ3) is 5.25. The molecule has 1 N–H and O–H groups in total. The van der Waals surface area contributed by atoms with Crippen LogP contribution in [0.25, 0.3) is 0 Å². The second-order valence-corrected chi connectivity index (χ2v) is 3.43. The molecule has 0 amide bonds. The lowest BCUT2D eigenvalue weighted by Gasteiger charge is -2.18. The minimum absolute atomic E-state index is 0.110. The third-order valence-corrected chi connectivity index (χ3v) is 2.27. The number of aliphatic hydroxyl groups excluding tert-OH is 1. The fourth-order valence-electron chi connectivity index (χ4n) is 1.46. The van der Waals surface area contributed by atoms with E-state index >= 15 is 0 Å². The Hall–Kier alpha value is -0.0400. The molecule has 0 spiro atoms. The second kappa shape index (κ2) is 6.66. The summed E-state index contributed by atoms with van der Waals surface area (Å²) in [5.41, 5.74) is 0. The van der Waals surface area contributed by atoms with Gasteiger partial charge in [0.05, 0.1) is 6.10 Å². The molecule has 11 heavy (non-hydrogen) atoms. The van der Waals surface area contributed by atoms with Gasteiger partial charge in [-0.05, 0) is 25.7 Å². The number of aliphatic hydroxyl groups is 1. The van der Waals surface area contributed by atoms with E-state index < -0.39 is 0 Å². The minimum atomic E-state index is -0.110. The monoisotopic (exact) mass is 158 g/mol. The molecule has 0 saturated heterocycles. The minimum Gasteiger partial charge on any atom is -0.393 e. The van der Waals surface area contributed by atoms with Gasteiger partial charge in [0.15, 0.2) is 0 Å². The fourth-order valence-corrected chi connectivity index (χ4v) is 1.46. The number of hydrogen-bond donors (Lipinski definition) is 1. The molecule has 0 aromatic rings. The zero-order valence-electron chi connectivity index (χ0n) is 8.14. The van der Waals surface area contributed by atoms with E-state index in [1.54, 1.807) is 0 Å². The number of rotatable bonds is 6. The van der Waals surface area contributed by atoms with Gasteiger partial charge in [-0.2, -0.15) is 0 Å². The summed E-state index contributed by atoms with van der Waals surface area (Å²) in [4.78, 5) is 0. The normalized spacial score (nSPS) is 16.4. The van der Waals surface area contributed by atoms with Crippen LogP contribution in [0.1, 0.15) is 52.9 Å². The average Bonchev–Trinajstić information content (AvgIpc) is 1.97. The zero-order valence-corrected chi connectivity index (χ0v) is 8.14. The SMILES string of the molecule is CCCCC(CCC)[C@H](C)O. The van der Waals surface area contributed by atoms with Crippen LogP contribution in [-0.4, -0.2) is 11.2 Å². The Balaban J connectivity index is 3.51. The Kier molecular flexibility index (Phi) is 6.63. The summed E-state index contributed by atoms with van der Waals surface area (Å²) < 4.78 is 0. The van der Waals surface area contributed by atoms with E-state index in [1.807, 2.05) is 6.92 Å². The van der Waals surface area contributed by atoms with Crippen LogP contribution in [0.5, 0.6) is 0 Å². The van der Waals surface area contributed by atoms with Gasteiger partial charge >= 0.3 is 0 Å². The molecule has 2 atom stereocenters. The van der Waals surface area contributed by atoms with Crippen molar-refractivity contribution in [1.82, 2.24) is 0 Å². The number of unbranched alkanes of at least 4 members (excludes halogenated alkanes) is 1. The summed E-state index contributed by atoms with van der Waals surface area (Å²) in [6.07, 6.45) is 5.96. The van der Waals surface area contributed by atoms with E-state index in [1.165, 1.54) is 32.1 Å². The first-order valence-electron chi connectivity index (χ1n) is 4.90. The highest BCUT2D eigenvalue weighted by Gasteiger charge is 2.12. The van der Waals surface area contributed by atoms with Crippen molar-refractivity contribution in [3.05, 3.63) is 0 Å². The fraction of sp³-hybridized carbons (Fsp3) is 1.00. The molecule has 0 heterocycles. The molecule has 0 saturated carbocycles. The quantitative estimate of drug-likeness (QED) is 0.630. The predicted octanol–water partition coefficient (Wildman–Crippen LogP) is 2.97. The van der Waals surface area contributed by atoms with Gasteiger partial charge in [-0.3, -0.25) is 0 Å². The van der Waals surface area contributed by atoms with Gasteiger partial charge in [-0.1, -0.05) is 33.1 Å². The highest BCUT2D eigenvalue weighted by Crippen LogP contribution is 2.18. The van der Waals surface area contributed by atoms with Crippen LogP contribution in [0.4, 0.5) is 0 Å². The van der Waals surface area contributed by atoms with E-state index in [9.17, 15) is 5.11 Å². The Morgan fingerprint density at radius 1 is 1.09 bits per heavy atom. The summed E-state index contributed by atoms with van der Waals surface area (Å²) in [5.74, 6) is 0.542. The van der Waals surface area contributed by atoms with Gasteiger partial charge in [0.1, 0.15) is 0 Å². The largest absolute Gasteiger partial charge is 0.393 e. The molecule has 0 aliphatic carbocycles. The lowest BCUT2D eigenvalue weighted by molar-refractivity contribution is 0.112. The van der Waals surface area contributed by atoms with E-state index in [0.717, 1.165) is 0 Å². The topological polar surface area (TPSA) is 20.2 Å². The van der Waals surface area contributed by atoms with Gasteiger partial charge < -0.3 is 5.11 Å². The maximum Gasteiger partial charge on any atom is 0.0540 e. The Morgan fingerprint density at radius 3 is 2.09 bits per heavy atom. The molecule has 1 unspecified atom stereocenters. The summed E-state index contributed by atoms with van der Waals surface area (Å²) in [6, 6.07) is 0. The molecule has 1 heteroatoms. The molecule has 1 nitrogen and oxygen atoms in total. The van der Waals surface area contributed by atoms with Crippen molar-refractivity contribution in [2.75, 3.05) is 0 Å². The summed E-state index contributed by atoms with van der Waals surface area (Å²) in [7, 11) is 0. The molecule has 68 valence electrons. The first kappa shape index (κ1) is 11.0. The molecule has 0 aromatic carbocycles. The van der Waals surface area contributed by atoms with E-state index in [2.05, 4.69) is 13.8 Å². The van der Waals surface area contributed by atoms with Crippen molar-refractivity contribution in [3.63, 3.8) is 0 Å². The van der Waals surface area contributed by atoms with Crippen LogP contribution in [-0.2, 0) is 0 Å². The van der Waals surface area contributed by atoms with Gasteiger partial charge in [-0.15, -0.1) is 0 Å². The van der Waals surface area contributed by atoms with Crippen molar-refractivity contribution in [3.8, 4) is 0 Å². The highest BCUT2D eigenvalue weighted by molar-refractivity contribution is 4.63. The average molecular weight is 158 g/mol. The maximum atomic E-state index is 9.37. The molecule has 0 fully saturated rings. The predicted molar refractivity (Wildman–Crippen MR) is 49.6 cm³/mol. The van der Waals surface area contributed by atoms with Gasteiger partial charge in [0, 0.05) is 0 Å². The van der Waals surface area contributed by atoms with Crippen LogP contribution < -0.4 is 0 Å². The van der Waals surface area contributed by atoms with E-state index in [0.29, 0.717) is 5.92 Å². The molecule has 0 rings (SSSR count). The molecule has 0 bridgehead atoms. The van der Waals surface area contributed by atoms with Crippen LogP contribution >= 0.6 is 0 Å². The van der Waals surface area contributed by atoms with Crippen LogP contribution in [0, 0.1) is 5.92 Å². The van der Waals surface area contributed by atoms with Gasteiger partial charge in [0.25, 0.3) is 0 Å². The Labute approximate surface area is 70.8 Å². The first-order chi connectivity index (χ1) is 5.22. The van der Waals surface area contributed by atoms with E-state index in [-0.39, 0.29) is 6.10 Å². The van der Waals surface area contributed by atoms with Crippen molar-refractivity contribution >= 4 is 0 Å². The molecule has 0 aliphatic heterocycles. The summed E-state index contributed by atoms with van der Waals surface area (Å²) in [5, 5.41) is 9.37. The molecular formula is C10H22O. The molecule has 0 aromatic heterocycles. The lowest BCUT2D eigenvalue weighted by atomic mass is 9.92. The Morgan fingerprint density at radius 2 is 1.73 bits per heavy atom. The van der Waals surface area contributed by atoms with Crippen molar-refractivity contribution in [1.29, 1.82) is 0 Å². The zero-order chi connectivity index (χ0) is 8.69. The van der Waals surface area contributed by atoms with E-state index in [4.69, 9.17) is 0 Å². The van der Waals surface area contributed by atoms with Crippen molar-refractivity contribution in [2.45, 2.75) is 59.0 Å². The summed E-state index contributed by atoms with van der Waals surface area (Å²) >= 11 is 0. The molecular weight excluding hydrogens is 136 g/mol.